The molecule has 0 spiro atoms. The molecule has 0 aliphatic heterocycles. The first-order valence-electron chi connectivity index (χ1n) is 8.53. The third kappa shape index (κ3) is 4.81. The molecule has 0 aliphatic carbocycles. The summed E-state index contributed by atoms with van der Waals surface area (Å²) in [5, 5.41) is 6.32. The Bertz CT molecular complexity index is 826. The predicted molar refractivity (Wildman–Crippen MR) is 110 cm³/mol. The van der Waals surface area contributed by atoms with Crippen molar-refractivity contribution >= 4 is 27.5 Å². The van der Waals surface area contributed by atoms with Gasteiger partial charge in [-0.25, -0.2) is 0 Å². The molecule has 0 fully saturated rings. The normalized spacial score (nSPS) is 10.7. The Hall–Kier alpha value is -2.43. The van der Waals surface area contributed by atoms with Crippen LogP contribution in [0.1, 0.15) is 22.7 Å². The van der Waals surface area contributed by atoms with Crippen LogP contribution in [0.2, 0.25) is 0 Å². The Labute approximate surface area is 162 Å². The minimum atomic E-state index is -0.0774. The van der Waals surface area contributed by atoms with Crippen LogP contribution in [0, 0.1) is 6.92 Å². The predicted octanol–water partition coefficient (Wildman–Crippen LogP) is 5.08. The summed E-state index contributed by atoms with van der Waals surface area (Å²) in [5.41, 5.74) is 4.17. The van der Waals surface area contributed by atoms with Crippen molar-refractivity contribution in [3.63, 3.8) is 0 Å². The van der Waals surface area contributed by atoms with Crippen LogP contribution in [0.3, 0.4) is 0 Å². The third-order valence-corrected chi connectivity index (χ3v) is 4.79. The number of aryl methyl sites for hydroxylation is 1. The van der Waals surface area contributed by atoms with Crippen molar-refractivity contribution in [3.05, 3.63) is 100 Å². The van der Waals surface area contributed by atoms with Gasteiger partial charge in [0.1, 0.15) is 0 Å². The van der Waals surface area contributed by atoms with Gasteiger partial charge in [0.05, 0.1) is 18.3 Å². The number of rotatable bonds is 6. The molecule has 0 bridgehead atoms. The van der Waals surface area contributed by atoms with Crippen LogP contribution >= 0.6 is 15.9 Å². The molecule has 3 rings (SSSR count). The van der Waals surface area contributed by atoms with Crippen molar-refractivity contribution in [2.24, 2.45) is 0 Å². The number of carbonyl (C=O) groups is 1. The Kier molecular flexibility index (Phi) is 6.21. The second-order valence-corrected chi connectivity index (χ2v) is 7.02. The zero-order valence-corrected chi connectivity index (χ0v) is 16.2. The minimum absolute atomic E-state index is 0.0374. The summed E-state index contributed by atoms with van der Waals surface area (Å²) in [6, 6.07) is 26.1. The number of hydrogen-bond donors (Lipinski definition) is 2. The largest absolute Gasteiger partial charge is 0.324 e. The molecule has 0 radical (unpaired) electrons. The number of amides is 1. The van der Waals surface area contributed by atoms with Crippen molar-refractivity contribution < 1.29 is 4.79 Å². The van der Waals surface area contributed by atoms with E-state index in [0.717, 1.165) is 26.9 Å². The SMILES string of the molecule is Cc1ccc(NC(=O)CNC(c2ccccc2)c2ccccc2)c(Br)c1. The number of nitrogens with one attached hydrogen (secondary N) is 2. The Morgan fingerprint density at radius 1 is 0.923 bits per heavy atom. The molecular formula is C22H21BrN2O. The molecule has 3 aromatic carbocycles. The minimum Gasteiger partial charge on any atom is -0.324 e. The summed E-state index contributed by atoms with van der Waals surface area (Å²) < 4.78 is 0.883. The second kappa shape index (κ2) is 8.79. The molecule has 3 aromatic rings. The third-order valence-electron chi connectivity index (χ3n) is 4.13. The van der Waals surface area contributed by atoms with Gasteiger partial charge < -0.3 is 5.32 Å². The lowest BCUT2D eigenvalue weighted by atomic mass is 9.99. The Morgan fingerprint density at radius 3 is 2.04 bits per heavy atom. The molecule has 0 aliphatic rings. The highest BCUT2D eigenvalue weighted by atomic mass is 79.9. The molecule has 26 heavy (non-hydrogen) atoms. The van der Waals surface area contributed by atoms with E-state index in [4.69, 9.17) is 0 Å². The van der Waals surface area contributed by atoms with Crippen molar-refractivity contribution in [1.29, 1.82) is 0 Å². The average Bonchev–Trinajstić information content (AvgIpc) is 2.66. The molecule has 132 valence electrons. The molecule has 2 N–H and O–H groups in total. The topological polar surface area (TPSA) is 41.1 Å². The molecule has 0 aromatic heterocycles. The van der Waals surface area contributed by atoms with Gasteiger partial charge in [-0.05, 0) is 51.7 Å². The van der Waals surface area contributed by atoms with E-state index in [1.54, 1.807) is 0 Å². The van der Waals surface area contributed by atoms with Crippen LogP contribution in [-0.4, -0.2) is 12.5 Å². The van der Waals surface area contributed by atoms with E-state index in [2.05, 4.69) is 50.8 Å². The molecule has 0 unspecified atom stereocenters. The monoisotopic (exact) mass is 408 g/mol. The van der Waals surface area contributed by atoms with Gasteiger partial charge in [-0.2, -0.15) is 0 Å². The lowest BCUT2D eigenvalue weighted by Crippen LogP contribution is -2.32. The summed E-state index contributed by atoms with van der Waals surface area (Å²) in [6.45, 7) is 2.23. The highest BCUT2D eigenvalue weighted by Gasteiger charge is 2.15. The molecule has 3 nitrogen and oxygen atoms in total. The number of halogens is 1. The molecule has 0 atom stereocenters. The highest BCUT2D eigenvalue weighted by molar-refractivity contribution is 9.10. The van der Waals surface area contributed by atoms with Crippen molar-refractivity contribution in [1.82, 2.24) is 5.32 Å². The summed E-state index contributed by atoms with van der Waals surface area (Å²) >= 11 is 3.49. The van der Waals surface area contributed by atoms with Gasteiger partial charge in [-0.15, -0.1) is 0 Å². The highest BCUT2D eigenvalue weighted by Crippen LogP contribution is 2.24. The van der Waals surface area contributed by atoms with Crippen molar-refractivity contribution in [2.45, 2.75) is 13.0 Å². The van der Waals surface area contributed by atoms with Crippen LogP contribution in [0.15, 0.2) is 83.3 Å². The van der Waals surface area contributed by atoms with E-state index in [1.165, 1.54) is 0 Å². The van der Waals surface area contributed by atoms with Crippen LogP contribution in [0.4, 0.5) is 5.69 Å². The zero-order chi connectivity index (χ0) is 18.4. The molecule has 4 heteroatoms. The van der Waals surface area contributed by atoms with Crippen LogP contribution < -0.4 is 10.6 Å². The van der Waals surface area contributed by atoms with Crippen LogP contribution in [-0.2, 0) is 4.79 Å². The van der Waals surface area contributed by atoms with Crippen LogP contribution in [0.5, 0.6) is 0 Å². The van der Waals surface area contributed by atoms with Gasteiger partial charge in [-0.3, -0.25) is 10.1 Å². The Morgan fingerprint density at radius 2 is 1.50 bits per heavy atom. The fraction of sp³-hybridized carbons (Fsp3) is 0.136. The average molecular weight is 409 g/mol. The number of benzene rings is 3. The van der Waals surface area contributed by atoms with Crippen molar-refractivity contribution in [3.8, 4) is 0 Å². The van der Waals surface area contributed by atoms with Gasteiger partial charge in [0, 0.05) is 4.47 Å². The maximum atomic E-state index is 12.4. The molecule has 0 heterocycles. The summed E-state index contributed by atoms with van der Waals surface area (Å²) in [4.78, 5) is 12.4. The summed E-state index contributed by atoms with van der Waals surface area (Å²) in [5.74, 6) is -0.0774. The number of anilines is 1. The fourth-order valence-electron chi connectivity index (χ4n) is 2.83. The second-order valence-electron chi connectivity index (χ2n) is 6.17. The van der Waals surface area contributed by atoms with E-state index >= 15 is 0 Å². The van der Waals surface area contributed by atoms with E-state index in [0.29, 0.717) is 0 Å². The van der Waals surface area contributed by atoms with Gasteiger partial charge in [0.2, 0.25) is 5.91 Å². The van der Waals surface area contributed by atoms with E-state index in [1.807, 2.05) is 61.5 Å². The lowest BCUT2D eigenvalue weighted by molar-refractivity contribution is -0.115. The maximum Gasteiger partial charge on any atom is 0.238 e. The fourth-order valence-corrected chi connectivity index (χ4v) is 3.42. The standard InChI is InChI=1S/C22H21BrN2O/c1-16-12-13-20(19(23)14-16)25-21(26)15-24-22(17-8-4-2-5-9-17)18-10-6-3-7-11-18/h2-14,22,24H,15H2,1H3,(H,25,26). The van der Waals surface area contributed by atoms with Gasteiger partial charge >= 0.3 is 0 Å². The van der Waals surface area contributed by atoms with Gasteiger partial charge in [-0.1, -0.05) is 66.7 Å². The Balaban J connectivity index is 1.71. The van der Waals surface area contributed by atoms with E-state index in [-0.39, 0.29) is 18.5 Å². The first kappa shape index (κ1) is 18.4. The first-order chi connectivity index (χ1) is 12.6. The van der Waals surface area contributed by atoms with E-state index < -0.39 is 0 Å². The van der Waals surface area contributed by atoms with Gasteiger partial charge in [0.15, 0.2) is 0 Å². The molecule has 1 amide bonds. The molecule has 0 saturated heterocycles. The summed E-state index contributed by atoms with van der Waals surface area (Å²) in [7, 11) is 0. The smallest absolute Gasteiger partial charge is 0.238 e. The molecule has 0 saturated carbocycles. The number of carbonyl (C=O) groups excluding carboxylic acids is 1. The summed E-state index contributed by atoms with van der Waals surface area (Å²) in [6.07, 6.45) is 0. The number of hydrogen-bond acceptors (Lipinski definition) is 2. The lowest BCUT2D eigenvalue weighted by Gasteiger charge is -2.20. The van der Waals surface area contributed by atoms with E-state index in [9.17, 15) is 4.79 Å². The first-order valence-corrected chi connectivity index (χ1v) is 9.32. The maximum absolute atomic E-state index is 12.4. The zero-order valence-electron chi connectivity index (χ0n) is 14.6. The van der Waals surface area contributed by atoms with Gasteiger partial charge in [0.25, 0.3) is 0 Å². The molecular weight excluding hydrogens is 388 g/mol. The van der Waals surface area contributed by atoms with Crippen molar-refractivity contribution in [2.75, 3.05) is 11.9 Å². The quantitative estimate of drug-likeness (QED) is 0.597. The van der Waals surface area contributed by atoms with Crippen LogP contribution in [0.25, 0.3) is 0 Å².